The summed E-state index contributed by atoms with van der Waals surface area (Å²) < 4.78 is 5.73. The van der Waals surface area contributed by atoms with Crippen molar-refractivity contribution in [3.63, 3.8) is 0 Å². The molecule has 2 aromatic carbocycles. The Morgan fingerprint density at radius 2 is 1.88 bits per heavy atom. The molecule has 0 radical (unpaired) electrons. The molecule has 3 rings (SSSR count). The normalized spacial score (nSPS) is 14.1. The highest BCUT2D eigenvalue weighted by Gasteiger charge is 2.31. The van der Waals surface area contributed by atoms with Gasteiger partial charge in [-0.05, 0) is 48.0 Å². The summed E-state index contributed by atoms with van der Waals surface area (Å²) in [5, 5.41) is 27.4. The highest BCUT2D eigenvalue weighted by Crippen LogP contribution is 2.25. The number of carbonyl (C=O) groups excluding carboxylic acids is 1. The van der Waals surface area contributed by atoms with Crippen LogP contribution < -0.4 is 4.74 Å². The van der Waals surface area contributed by atoms with Gasteiger partial charge in [0.2, 0.25) is 5.91 Å². The fourth-order valence-corrected chi connectivity index (χ4v) is 2.41. The van der Waals surface area contributed by atoms with Crippen molar-refractivity contribution in [3.05, 3.63) is 59.7 Å². The lowest BCUT2D eigenvalue weighted by Gasteiger charge is -2.38. The maximum atomic E-state index is 12.1. The van der Waals surface area contributed by atoms with Gasteiger partial charge < -0.3 is 19.8 Å². The van der Waals surface area contributed by atoms with Gasteiger partial charge in [0.15, 0.2) is 11.5 Å². The first kappa shape index (κ1) is 16.4. The Morgan fingerprint density at radius 1 is 1.16 bits per heavy atom. The molecule has 0 saturated carbocycles. The third-order valence-electron chi connectivity index (χ3n) is 3.86. The summed E-state index contributed by atoms with van der Waals surface area (Å²) in [6.45, 7) is 0.980. The molecule has 1 heterocycles. The Labute approximate surface area is 144 Å². The SMILES string of the molecule is N#Cc1ccc(OC2CN(C(=O)/C=C/c3ccc(O)c(O)c3)C2)cc1. The van der Waals surface area contributed by atoms with Crippen LogP contribution in [0.25, 0.3) is 6.08 Å². The second kappa shape index (κ2) is 6.97. The third kappa shape index (κ3) is 3.90. The van der Waals surface area contributed by atoms with Crippen LogP contribution in [0.15, 0.2) is 48.5 Å². The molecule has 0 spiro atoms. The molecule has 1 aliphatic rings. The summed E-state index contributed by atoms with van der Waals surface area (Å²) in [4.78, 5) is 13.7. The minimum Gasteiger partial charge on any atom is -0.504 e. The second-order valence-corrected chi connectivity index (χ2v) is 5.70. The Balaban J connectivity index is 1.49. The molecule has 0 aliphatic carbocycles. The first-order valence-electron chi connectivity index (χ1n) is 7.71. The van der Waals surface area contributed by atoms with E-state index in [4.69, 9.17) is 10.00 Å². The number of ether oxygens (including phenoxy) is 1. The van der Waals surface area contributed by atoms with Gasteiger partial charge in [0.1, 0.15) is 11.9 Å². The minimum absolute atomic E-state index is 0.0667. The number of benzene rings is 2. The summed E-state index contributed by atoms with van der Waals surface area (Å²) >= 11 is 0. The zero-order chi connectivity index (χ0) is 17.8. The van der Waals surface area contributed by atoms with E-state index >= 15 is 0 Å². The number of phenolic OH excluding ortho intramolecular Hbond substituents is 2. The fourth-order valence-electron chi connectivity index (χ4n) is 2.41. The molecule has 0 atom stereocenters. The van der Waals surface area contributed by atoms with E-state index in [1.54, 1.807) is 41.3 Å². The zero-order valence-electron chi connectivity index (χ0n) is 13.3. The summed E-state index contributed by atoms with van der Waals surface area (Å²) in [6, 6.07) is 13.2. The highest BCUT2D eigenvalue weighted by atomic mass is 16.5. The van der Waals surface area contributed by atoms with Gasteiger partial charge in [0.25, 0.3) is 0 Å². The van der Waals surface area contributed by atoms with Gasteiger partial charge >= 0.3 is 0 Å². The molecule has 0 unspecified atom stereocenters. The molecular formula is C19H16N2O4. The fraction of sp³-hybridized carbons (Fsp3) is 0.158. The van der Waals surface area contributed by atoms with E-state index in [0.29, 0.717) is 30.0 Å². The monoisotopic (exact) mass is 336 g/mol. The standard InChI is InChI=1S/C19H16N2O4/c20-10-14-1-5-15(6-2-14)25-16-11-21(12-16)19(24)8-4-13-3-7-17(22)18(23)9-13/h1-9,16,22-23H,11-12H2/b8-4+. The topological polar surface area (TPSA) is 93.8 Å². The zero-order valence-corrected chi connectivity index (χ0v) is 13.3. The van der Waals surface area contributed by atoms with Crippen molar-refractivity contribution in [1.82, 2.24) is 4.90 Å². The van der Waals surface area contributed by atoms with Crippen LogP contribution in [0.5, 0.6) is 17.2 Å². The Morgan fingerprint density at radius 3 is 2.52 bits per heavy atom. The number of nitriles is 1. The van der Waals surface area contributed by atoms with Gasteiger partial charge in [-0.25, -0.2) is 0 Å². The number of hydrogen-bond acceptors (Lipinski definition) is 5. The van der Waals surface area contributed by atoms with E-state index in [9.17, 15) is 15.0 Å². The third-order valence-corrected chi connectivity index (χ3v) is 3.86. The van der Waals surface area contributed by atoms with E-state index in [-0.39, 0.29) is 23.5 Å². The van der Waals surface area contributed by atoms with Crippen LogP contribution in [0.4, 0.5) is 0 Å². The van der Waals surface area contributed by atoms with Crippen LogP contribution in [-0.2, 0) is 4.79 Å². The van der Waals surface area contributed by atoms with Crippen LogP contribution in [0.3, 0.4) is 0 Å². The summed E-state index contributed by atoms with van der Waals surface area (Å²) in [5.41, 5.74) is 1.19. The second-order valence-electron chi connectivity index (χ2n) is 5.70. The number of nitrogens with zero attached hydrogens (tertiary/aromatic N) is 2. The number of aromatic hydroxyl groups is 2. The average Bonchev–Trinajstić information content (AvgIpc) is 2.59. The largest absolute Gasteiger partial charge is 0.504 e. The number of carbonyl (C=O) groups is 1. The van der Waals surface area contributed by atoms with Crippen LogP contribution in [0.1, 0.15) is 11.1 Å². The molecular weight excluding hydrogens is 320 g/mol. The quantitative estimate of drug-likeness (QED) is 0.660. The van der Waals surface area contributed by atoms with Crippen LogP contribution in [0, 0.1) is 11.3 Å². The van der Waals surface area contributed by atoms with Gasteiger partial charge in [-0.2, -0.15) is 5.26 Å². The van der Waals surface area contributed by atoms with Crippen LogP contribution >= 0.6 is 0 Å². The number of likely N-dealkylation sites (tertiary alicyclic amines) is 1. The lowest BCUT2D eigenvalue weighted by molar-refractivity contribution is -0.134. The molecule has 1 amide bonds. The number of hydrogen-bond donors (Lipinski definition) is 2. The maximum Gasteiger partial charge on any atom is 0.246 e. The molecule has 25 heavy (non-hydrogen) atoms. The van der Waals surface area contributed by atoms with Crippen molar-refractivity contribution in [1.29, 1.82) is 5.26 Å². The molecule has 6 heteroatoms. The first-order valence-corrected chi connectivity index (χ1v) is 7.71. The average molecular weight is 336 g/mol. The number of amides is 1. The van der Waals surface area contributed by atoms with E-state index < -0.39 is 0 Å². The predicted molar refractivity (Wildman–Crippen MR) is 91.0 cm³/mol. The molecule has 1 aliphatic heterocycles. The van der Waals surface area contributed by atoms with E-state index in [1.165, 1.54) is 18.2 Å². The summed E-state index contributed by atoms with van der Waals surface area (Å²) in [6.07, 6.45) is 2.93. The Bertz CT molecular complexity index is 847. The Hall–Kier alpha value is -3.46. The lowest BCUT2D eigenvalue weighted by atomic mass is 10.1. The van der Waals surface area contributed by atoms with Crippen molar-refractivity contribution in [2.24, 2.45) is 0 Å². The van der Waals surface area contributed by atoms with Crippen molar-refractivity contribution in [2.45, 2.75) is 6.10 Å². The Kier molecular flexibility index (Phi) is 4.57. The molecule has 6 nitrogen and oxygen atoms in total. The molecule has 0 aromatic heterocycles. The van der Waals surface area contributed by atoms with Gasteiger partial charge in [-0.3, -0.25) is 4.79 Å². The highest BCUT2D eigenvalue weighted by molar-refractivity contribution is 5.92. The smallest absolute Gasteiger partial charge is 0.246 e. The molecule has 126 valence electrons. The van der Waals surface area contributed by atoms with Crippen molar-refractivity contribution < 1.29 is 19.7 Å². The molecule has 2 N–H and O–H groups in total. The van der Waals surface area contributed by atoms with E-state index in [0.717, 1.165) is 0 Å². The summed E-state index contributed by atoms with van der Waals surface area (Å²) in [5.74, 6) is 0.0990. The minimum atomic E-state index is -0.227. The molecule has 2 aromatic rings. The van der Waals surface area contributed by atoms with Gasteiger partial charge in [-0.15, -0.1) is 0 Å². The van der Waals surface area contributed by atoms with Crippen LogP contribution in [-0.4, -0.2) is 40.2 Å². The lowest BCUT2D eigenvalue weighted by Crippen LogP contribution is -2.55. The van der Waals surface area contributed by atoms with Crippen molar-refractivity contribution >= 4 is 12.0 Å². The predicted octanol–water partition coefficient (Wildman–Crippen LogP) is 2.27. The maximum absolute atomic E-state index is 12.1. The molecule has 1 saturated heterocycles. The molecule has 0 bridgehead atoms. The van der Waals surface area contributed by atoms with E-state index in [2.05, 4.69) is 0 Å². The van der Waals surface area contributed by atoms with Gasteiger partial charge in [-0.1, -0.05) is 6.07 Å². The van der Waals surface area contributed by atoms with Crippen molar-refractivity contribution in [3.8, 4) is 23.3 Å². The summed E-state index contributed by atoms with van der Waals surface area (Å²) in [7, 11) is 0. The van der Waals surface area contributed by atoms with E-state index in [1.807, 2.05) is 6.07 Å². The van der Waals surface area contributed by atoms with Crippen LogP contribution in [0.2, 0.25) is 0 Å². The van der Waals surface area contributed by atoms with Gasteiger partial charge in [0.05, 0.1) is 24.7 Å². The van der Waals surface area contributed by atoms with Crippen molar-refractivity contribution in [2.75, 3.05) is 13.1 Å². The number of phenols is 2. The first-order chi connectivity index (χ1) is 12.0. The number of rotatable bonds is 4. The molecule has 1 fully saturated rings. The van der Waals surface area contributed by atoms with Gasteiger partial charge in [0, 0.05) is 6.08 Å².